The molecule has 3 fully saturated rings. The van der Waals surface area contributed by atoms with Crippen molar-refractivity contribution in [3.63, 3.8) is 0 Å². The molecule has 0 saturated carbocycles. The number of aromatic nitrogens is 2. The molecule has 6 heterocycles. The van der Waals surface area contributed by atoms with Gasteiger partial charge in [0.25, 0.3) is 0 Å². The zero-order valence-electron chi connectivity index (χ0n) is 17.3. The van der Waals surface area contributed by atoms with Crippen LogP contribution in [0.4, 0.5) is 0 Å². The molecule has 0 N–H and O–H groups in total. The fourth-order valence-electron chi connectivity index (χ4n) is 5.95. The smallest absolute Gasteiger partial charge is 0.223 e. The van der Waals surface area contributed by atoms with Gasteiger partial charge in [0.05, 0.1) is 24.1 Å². The van der Waals surface area contributed by atoms with Crippen molar-refractivity contribution in [2.24, 2.45) is 11.8 Å². The van der Waals surface area contributed by atoms with Gasteiger partial charge in [-0.25, -0.2) is 4.98 Å². The monoisotopic (exact) mass is 400 g/mol. The van der Waals surface area contributed by atoms with Crippen molar-refractivity contribution in [2.45, 2.75) is 31.7 Å². The quantitative estimate of drug-likeness (QED) is 0.675. The van der Waals surface area contributed by atoms with Gasteiger partial charge >= 0.3 is 0 Å². The first-order chi connectivity index (χ1) is 14.8. The molecule has 3 aromatic rings. The Kier molecular flexibility index (Phi) is 4.38. The Labute approximate surface area is 177 Å². The van der Waals surface area contributed by atoms with E-state index in [1.807, 2.05) is 12.5 Å². The summed E-state index contributed by atoms with van der Waals surface area (Å²) in [6.07, 6.45) is 10.0. The maximum atomic E-state index is 13.6. The zero-order valence-corrected chi connectivity index (χ0v) is 17.3. The summed E-state index contributed by atoms with van der Waals surface area (Å²) in [5, 5.41) is 0. The minimum atomic E-state index is -0.0182. The van der Waals surface area contributed by atoms with Crippen LogP contribution in [0.2, 0.25) is 0 Å². The van der Waals surface area contributed by atoms with Crippen LogP contribution in [0.1, 0.15) is 42.0 Å². The first-order valence-corrected chi connectivity index (χ1v) is 11.3. The molecule has 0 radical (unpaired) electrons. The summed E-state index contributed by atoms with van der Waals surface area (Å²) in [7, 11) is 0. The van der Waals surface area contributed by atoms with Crippen LogP contribution in [-0.2, 0) is 11.2 Å². The van der Waals surface area contributed by atoms with Crippen molar-refractivity contribution in [3.8, 4) is 0 Å². The van der Waals surface area contributed by atoms with Gasteiger partial charge in [0.2, 0.25) is 5.91 Å². The molecule has 5 heteroatoms. The molecule has 3 saturated heterocycles. The number of nitrogens with zero attached hydrogens (tertiary/aromatic N) is 4. The lowest BCUT2D eigenvalue weighted by atomic mass is 9.77. The third-order valence-electron chi connectivity index (χ3n) is 7.58. The first-order valence-electron chi connectivity index (χ1n) is 11.3. The third kappa shape index (κ3) is 3.03. The molecule has 1 aromatic carbocycles. The van der Waals surface area contributed by atoms with Gasteiger partial charge in [0.15, 0.2) is 0 Å². The Morgan fingerprint density at radius 1 is 1.07 bits per heavy atom. The number of piperidine rings is 3. The van der Waals surface area contributed by atoms with Crippen LogP contribution in [0.3, 0.4) is 0 Å². The maximum Gasteiger partial charge on any atom is 0.223 e. The number of rotatable bonds is 3. The van der Waals surface area contributed by atoms with Crippen LogP contribution in [0.15, 0.2) is 55.1 Å². The Morgan fingerprint density at radius 3 is 2.77 bits per heavy atom. The second-order valence-corrected chi connectivity index (χ2v) is 9.23. The number of fused-ring (bicyclic) bond motifs is 5. The fourth-order valence-corrected chi connectivity index (χ4v) is 5.95. The Bertz CT molecular complexity index is 1080. The van der Waals surface area contributed by atoms with Gasteiger partial charge in [0, 0.05) is 25.7 Å². The van der Waals surface area contributed by atoms with Crippen LogP contribution in [0.5, 0.6) is 0 Å². The molecule has 0 spiro atoms. The van der Waals surface area contributed by atoms with Crippen molar-refractivity contribution >= 4 is 11.4 Å². The summed E-state index contributed by atoms with van der Waals surface area (Å²) < 4.78 is 2.06. The summed E-state index contributed by atoms with van der Waals surface area (Å²) in [4.78, 5) is 22.6. The van der Waals surface area contributed by atoms with E-state index in [1.165, 1.54) is 37.1 Å². The van der Waals surface area contributed by atoms with Crippen molar-refractivity contribution in [3.05, 3.63) is 71.8 Å². The summed E-state index contributed by atoms with van der Waals surface area (Å²) in [6.45, 7) is 4.34. The van der Waals surface area contributed by atoms with E-state index in [0.717, 1.165) is 36.5 Å². The minimum Gasteiger partial charge on any atom is -0.331 e. The van der Waals surface area contributed by atoms with Crippen LogP contribution < -0.4 is 0 Å². The van der Waals surface area contributed by atoms with Gasteiger partial charge < -0.3 is 14.2 Å². The molecule has 5 nitrogen and oxygen atoms in total. The number of benzene rings is 1. The molecule has 4 aliphatic rings. The Balaban J connectivity index is 1.34. The van der Waals surface area contributed by atoms with E-state index in [0.29, 0.717) is 18.2 Å². The predicted octanol–water partition coefficient (Wildman–Crippen LogP) is 3.54. The molecule has 4 aliphatic heterocycles. The standard InChI is InChI=1S/C25H28N4O/c30-24(13-21-15-27-10-7-18(21)8-11-27)29-12-9-19-3-1-2-4-23(19)25(29)20-5-6-22-14-26-17-28(22)16-20/h1-6,14,16-18,21,25H,7-13,15H2/t21-,25-/m1/s1. The number of hydrogen-bond acceptors (Lipinski definition) is 3. The maximum absolute atomic E-state index is 13.6. The summed E-state index contributed by atoms with van der Waals surface area (Å²) >= 11 is 0. The summed E-state index contributed by atoms with van der Waals surface area (Å²) in [6, 6.07) is 12.9. The number of carbonyl (C=O) groups is 1. The highest BCUT2D eigenvalue weighted by atomic mass is 16.2. The number of imidazole rings is 1. The van der Waals surface area contributed by atoms with E-state index in [-0.39, 0.29) is 6.04 Å². The van der Waals surface area contributed by atoms with E-state index in [2.05, 4.69) is 61.8 Å². The van der Waals surface area contributed by atoms with Crippen molar-refractivity contribution in [2.75, 3.05) is 26.2 Å². The average Bonchev–Trinajstić information content (AvgIpc) is 3.27. The molecule has 2 aromatic heterocycles. The molecule has 154 valence electrons. The molecule has 2 bridgehead atoms. The molecule has 2 atom stereocenters. The lowest BCUT2D eigenvalue weighted by molar-refractivity contribution is -0.136. The van der Waals surface area contributed by atoms with Crippen molar-refractivity contribution in [1.82, 2.24) is 19.2 Å². The van der Waals surface area contributed by atoms with Gasteiger partial charge in [-0.3, -0.25) is 4.79 Å². The predicted molar refractivity (Wildman–Crippen MR) is 116 cm³/mol. The molecular weight excluding hydrogens is 372 g/mol. The van der Waals surface area contributed by atoms with E-state index < -0.39 is 0 Å². The third-order valence-corrected chi connectivity index (χ3v) is 7.58. The molecule has 0 aliphatic carbocycles. The number of hydrogen-bond donors (Lipinski definition) is 0. The minimum absolute atomic E-state index is 0.0182. The van der Waals surface area contributed by atoms with Crippen molar-refractivity contribution in [1.29, 1.82) is 0 Å². The van der Waals surface area contributed by atoms with Gasteiger partial charge in [-0.05, 0) is 66.9 Å². The normalized spacial score (nSPS) is 27.9. The van der Waals surface area contributed by atoms with Crippen molar-refractivity contribution < 1.29 is 4.79 Å². The topological polar surface area (TPSA) is 40.9 Å². The largest absolute Gasteiger partial charge is 0.331 e. The lowest BCUT2D eigenvalue weighted by Crippen LogP contribution is -2.49. The second-order valence-electron chi connectivity index (χ2n) is 9.23. The number of carbonyl (C=O) groups excluding carboxylic acids is 1. The molecule has 1 amide bonds. The molecular formula is C25H28N4O. The average molecular weight is 401 g/mol. The molecule has 7 rings (SSSR count). The Hall–Kier alpha value is -2.66. The first kappa shape index (κ1) is 18.1. The van der Waals surface area contributed by atoms with Crippen LogP contribution in [0, 0.1) is 11.8 Å². The van der Waals surface area contributed by atoms with Gasteiger partial charge in [0.1, 0.15) is 0 Å². The molecule has 30 heavy (non-hydrogen) atoms. The van der Waals surface area contributed by atoms with E-state index in [9.17, 15) is 4.79 Å². The van der Waals surface area contributed by atoms with Gasteiger partial charge in [-0.1, -0.05) is 30.3 Å². The summed E-state index contributed by atoms with van der Waals surface area (Å²) in [5.41, 5.74) is 4.87. The highest BCUT2D eigenvalue weighted by molar-refractivity contribution is 5.78. The Morgan fingerprint density at radius 2 is 1.93 bits per heavy atom. The van der Waals surface area contributed by atoms with Crippen LogP contribution >= 0.6 is 0 Å². The highest BCUT2D eigenvalue weighted by Gasteiger charge is 2.38. The van der Waals surface area contributed by atoms with E-state index >= 15 is 0 Å². The van der Waals surface area contributed by atoms with Crippen LogP contribution in [-0.4, -0.2) is 51.3 Å². The van der Waals surface area contributed by atoms with E-state index in [4.69, 9.17) is 0 Å². The highest BCUT2D eigenvalue weighted by Crippen LogP contribution is 2.38. The van der Waals surface area contributed by atoms with Gasteiger partial charge in [-0.15, -0.1) is 0 Å². The van der Waals surface area contributed by atoms with Gasteiger partial charge in [-0.2, -0.15) is 0 Å². The SMILES string of the molecule is O=C(C[C@@H]1CN2CCC1CC2)N1CCc2ccccc2[C@H]1c1ccc2cncn2c1. The number of pyridine rings is 1. The summed E-state index contributed by atoms with van der Waals surface area (Å²) in [5.74, 6) is 1.57. The van der Waals surface area contributed by atoms with Crippen LogP contribution in [0.25, 0.3) is 5.52 Å². The molecule has 0 unspecified atom stereocenters. The van der Waals surface area contributed by atoms with E-state index in [1.54, 1.807) is 0 Å². The zero-order chi connectivity index (χ0) is 20.1. The second kappa shape index (κ2) is 7.24. The number of amides is 1. The lowest BCUT2D eigenvalue weighted by Gasteiger charge is -2.46. The fraction of sp³-hybridized carbons (Fsp3) is 0.440.